The fourth-order valence-corrected chi connectivity index (χ4v) is 7.52. The molecule has 0 amide bonds. The standard InChI is InChI=1S/C27H19Cl4N15O8S3.2Na/c28-19-37-20(29)40-25(39-19)35-15-6-4-12(9-17(15)56(49,50)51)33-23-43-24(45-27(44-23)46-55(47,48)14-3-1-2-11(32)8-14)34-13-5-7-16(18(10-13)57(52,53)54)36-26-41-21(30)38-22(31)42-26;;/h1-10H,32H2,(H,49,50,51)(H,52,53,54)(H,35,37,39,40)(H,36,38,41,42)(H3,33,34,43,44,45,46);;/q;2*+1/p-2. The molecule has 0 saturated carbocycles. The van der Waals surface area contributed by atoms with Crippen molar-refractivity contribution in [2.45, 2.75) is 14.7 Å². The van der Waals surface area contributed by atoms with E-state index in [9.17, 15) is 34.4 Å². The van der Waals surface area contributed by atoms with E-state index in [-0.39, 0.29) is 125 Å². The Hall–Kier alpha value is -3.58. The summed E-state index contributed by atoms with van der Waals surface area (Å²) in [5.41, 5.74) is 5.01. The monoisotopic (exact) mass is 961 g/mol. The summed E-state index contributed by atoms with van der Waals surface area (Å²) < 4.78 is 103. The molecular formula is C27H17Cl4N15Na2O8S3. The largest absolute Gasteiger partial charge is 1.00 e. The molecule has 0 bridgehead atoms. The summed E-state index contributed by atoms with van der Waals surface area (Å²) in [6, 6.07) is 11.8. The fraction of sp³-hybridized carbons (Fsp3) is 0. The molecule has 32 heteroatoms. The van der Waals surface area contributed by atoms with Crippen LogP contribution in [-0.2, 0) is 30.3 Å². The van der Waals surface area contributed by atoms with E-state index < -0.39 is 57.9 Å². The van der Waals surface area contributed by atoms with Crippen molar-refractivity contribution in [3.63, 3.8) is 0 Å². The van der Waals surface area contributed by atoms with Crippen molar-refractivity contribution in [3.8, 4) is 0 Å². The van der Waals surface area contributed by atoms with Gasteiger partial charge in [-0.05, 0) is 101 Å². The Morgan fingerprint density at radius 2 is 0.881 bits per heavy atom. The van der Waals surface area contributed by atoms with E-state index in [0.717, 1.165) is 30.3 Å². The summed E-state index contributed by atoms with van der Waals surface area (Å²) in [5.74, 6) is -2.14. The predicted octanol–water partition coefficient (Wildman–Crippen LogP) is -1.97. The number of nitrogens with one attached hydrogen (secondary N) is 5. The topological polar surface area (TPSA) is 351 Å². The Labute approximate surface area is 397 Å². The van der Waals surface area contributed by atoms with Crippen LogP contribution in [0.25, 0.3) is 0 Å². The smallest absolute Gasteiger partial charge is 0.744 e. The van der Waals surface area contributed by atoms with Gasteiger partial charge in [-0.1, -0.05) is 6.07 Å². The third-order valence-corrected chi connectivity index (χ3v) is 10.5. The van der Waals surface area contributed by atoms with Gasteiger partial charge in [-0.3, -0.25) is 0 Å². The first-order valence-corrected chi connectivity index (χ1v) is 20.6. The first kappa shape index (κ1) is 48.1. The van der Waals surface area contributed by atoms with Gasteiger partial charge in [0.05, 0.1) is 26.1 Å². The van der Waals surface area contributed by atoms with E-state index in [2.05, 4.69) is 70.8 Å². The molecule has 6 aromatic rings. The van der Waals surface area contributed by atoms with Crippen LogP contribution in [0.15, 0.2) is 75.4 Å². The minimum Gasteiger partial charge on any atom is -0.744 e. The minimum atomic E-state index is -5.21. The maximum atomic E-state index is 13.3. The van der Waals surface area contributed by atoms with Gasteiger partial charge in [0.25, 0.3) is 10.0 Å². The molecule has 0 spiro atoms. The first-order valence-electron chi connectivity index (χ1n) is 14.8. The molecule has 7 N–H and O–H groups in total. The maximum Gasteiger partial charge on any atom is 1.00 e. The number of halogens is 4. The number of nitrogens with zero attached hydrogens (tertiary/aromatic N) is 9. The zero-order valence-corrected chi connectivity index (χ0v) is 38.9. The van der Waals surface area contributed by atoms with Crippen molar-refractivity contribution >= 4 is 135 Å². The second kappa shape index (κ2) is 19.4. The van der Waals surface area contributed by atoms with Crippen LogP contribution < -0.4 is 90.8 Å². The summed E-state index contributed by atoms with van der Waals surface area (Å²) >= 11 is 23.1. The van der Waals surface area contributed by atoms with Crippen molar-refractivity contribution in [3.05, 3.63) is 81.8 Å². The molecule has 6 rings (SSSR count). The number of aromatic nitrogens is 9. The van der Waals surface area contributed by atoms with Gasteiger partial charge in [0, 0.05) is 17.1 Å². The van der Waals surface area contributed by atoms with Crippen LogP contribution in [-0.4, -0.2) is 79.2 Å². The summed E-state index contributed by atoms with van der Waals surface area (Å²) in [4.78, 5) is 32.5. The molecule has 3 aromatic heterocycles. The predicted molar refractivity (Wildman–Crippen MR) is 203 cm³/mol. The van der Waals surface area contributed by atoms with Crippen LogP contribution in [0.3, 0.4) is 0 Å². The van der Waals surface area contributed by atoms with Gasteiger partial charge >= 0.3 is 59.1 Å². The average Bonchev–Trinajstić information content (AvgIpc) is 3.07. The third-order valence-electron chi connectivity index (χ3n) is 6.70. The van der Waals surface area contributed by atoms with E-state index in [1.807, 2.05) is 0 Å². The number of sulfonamides is 1. The summed E-state index contributed by atoms with van der Waals surface area (Å²) in [6.07, 6.45) is 0. The van der Waals surface area contributed by atoms with E-state index in [1.54, 1.807) is 0 Å². The van der Waals surface area contributed by atoms with Gasteiger partial charge in [0.15, 0.2) is 0 Å². The van der Waals surface area contributed by atoms with Crippen LogP contribution in [0, 0.1) is 0 Å². The molecule has 23 nitrogen and oxygen atoms in total. The normalized spacial score (nSPS) is 11.4. The van der Waals surface area contributed by atoms with Crippen molar-refractivity contribution in [1.82, 2.24) is 44.9 Å². The second-order valence-corrected chi connectivity index (χ2v) is 16.4. The third kappa shape index (κ3) is 13.0. The van der Waals surface area contributed by atoms with Crippen LogP contribution in [0.2, 0.25) is 21.1 Å². The van der Waals surface area contributed by atoms with Crippen LogP contribution in [0.1, 0.15) is 0 Å². The van der Waals surface area contributed by atoms with Gasteiger partial charge < -0.3 is 36.1 Å². The molecular weight excluding hydrogens is 946 g/mol. The fourth-order valence-electron chi connectivity index (χ4n) is 4.48. The summed E-state index contributed by atoms with van der Waals surface area (Å²) in [6.45, 7) is 0. The number of hydrogen-bond acceptors (Lipinski definition) is 22. The number of rotatable bonds is 13. The molecule has 0 fully saturated rings. The molecule has 0 radical (unpaired) electrons. The van der Waals surface area contributed by atoms with Crippen LogP contribution in [0.5, 0.6) is 0 Å². The van der Waals surface area contributed by atoms with Gasteiger partial charge in [0.1, 0.15) is 20.2 Å². The Morgan fingerprint density at radius 1 is 0.492 bits per heavy atom. The molecule has 296 valence electrons. The van der Waals surface area contributed by atoms with Gasteiger partial charge in [-0.25, -0.2) is 30.0 Å². The van der Waals surface area contributed by atoms with Gasteiger partial charge in [0.2, 0.25) is 50.9 Å². The number of hydrogen-bond donors (Lipinski definition) is 6. The molecule has 0 aliphatic heterocycles. The average molecular weight is 964 g/mol. The van der Waals surface area contributed by atoms with E-state index in [0.29, 0.717) is 0 Å². The molecule has 3 heterocycles. The molecule has 0 unspecified atom stereocenters. The second-order valence-electron chi connectivity index (χ2n) is 10.7. The Balaban J connectivity index is 0.00000384. The summed E-state index contributed by atoms with van der Waals surface area (Å²) in [7, 11) is -14.8. The Morgan fingerprint density at radius 3 is 1.27 bits per heavy atom. The SMILES string of the molecule is Nc1cccc(S(=O)(=O)Nc2nc(Nc3ccc(Nc4nc(Cl)nc(Cl)n4)c(S(=O)(=O)[O-])c3)nc(Nc3ccc(Nc4nc(Cl)nc(Cl)n4)c(S(=O)(=O)[O-])c3)n2)c1.[Na+].[Na+]. The van der Waals surface area contributed by atoms with Crippen molar-refractivity contribution in [1.29, 1.82) is 0 Å². The van der Waals surface area contributed by atoms with Crippen LogP contribution >= 0.6 is 46.4 Å². The minimum absolute atomic E-state index is 0. The molecule has 0 atom stereocenters. The Kier molecular flexibility index (Phi) is 15.8. The quantitative estimate of drug-likeness (QED) is 0.0415. The number of anilines is 10. The van der Waals surface area contributed by atoms with Crippen LogP contribution in [0.4, 0.5) is 58.2 Å². The van der Waals surface area contributed by atoms with Crippen molar-refractivity contribution < 1.29 is 93.5 Å². The van der Waals surface area contributed by atoms with Crippen molar-refractivity contribution in [2.24, 2.45) is 0 Å². The molecule has 0 aliphatic rings. The molecule has 3 aromatic carbocycles. The Bertz CT molecular complexity index is 2720. The van der Waals surface area contributed by atoms with Gasteiger partial charge in [-0.2, -0.15) is 44.9 Å². The van der Waals surface area contributed by atoms with E-state index in [1.165, 1.54) is 30.3 Å². The number of nitrogens with two attached hydrogens (primary N) is 1. The molecule has 0 aliphatic carbocycles. The van der Waals surface area contributed by atoms with E-state index >= 15 is 0 Å². The zero-order chi connectivity index (χ0) is 41.3. The molecule has 0 saturated heterocycles. The number of nitrogen functional groups attached to an aromatic ring is 1. The first-order chi connectivity index (χ1) is 26.7. The number of benzene rings is 3. The molecule has 59 heavy (non-hydrogen) atoms. The zero-order valence-electron chi connectivity index (χ0n) is 29.4. The van der Waals surface area contributed by atoms with Crippen molar-refractivity contribution in [2.75, 3.05) is 31.7 Å². The van der Waals surface area contributed by atoms with Gasteiger partial charge in [-0.15, -0.1) is 0 Å². The van der Waals surface area contributed by atoms with E-state index in [4.69, 9.17) is 52.1 Å². The summed E-state index contributed by atoms with van der Waals surface area (Å²) in [5, 5.41) is 8.97. The maximum absolute atomic E-state index is 13.3.